The normalized spacial score (nSPS) is 21.8. The van der Waals surface area contributed by atoms with Crippen molar-refractivity contribution in [2.24, 2.45) is 5.28 Å². The molecular weight excluding hydrogens is 264 g/mol. The highest BCUT2D eigenvalue weighted by atomic mass is 16.7. The van der Waals surface area contributed by atoms with Gasteiger partial charge >= 0.3 is 0 Å². The third-order valence-electron chi connectivity index (χ3n) is 3.14. The summed E-state index contributed by atoms with van der Waals surface area (Å²) < 4.78 is 7.63. The van der Waals surface area contributed by atoms with Crippen LogP contribution in [0, 0.1) is 0 Å². The second-order valence-corrected chi connectivity index (χ2v) is 4.34. The second kappa shape index (κ2) is 5.19. The standard InChI is InChI=1S/C10H12N8O2/c11-9-8-10(14-4-13-9)18(5-15-8)7-2-1-6(20-7)3-19-17-16-12/h4-7H,1-3H2,(H2,11,13,14)/t6-,7+/m0/s1. The van der Waals surface area contributed by atoms with Gasteiger partial charge in [0, 0.05) is 4.91 Å². The van der Waals surface area contributed by atoms with E-state index in [4.69, 9.17) is 20.8 Å². The number of rotatable bonds is 4. The van der Waals surface area contributed by atoms with Gasteiger partial charge in [-0.2, -0.15) is 0 Å². The number of ether oxygens (including phenoxy) is 1. The zero-order valence-electron chi connectivity index (χ0n) is 10.5. The Morgan fingerprint density at radius 1 is 1.50 bits per heavy atom. The largest absolute Gasteiger partial charge is 0.431 e. The Morgan fingerprint density at radius 2 is 2.40 bits per heavy atom. The molecule has 2 aromatic heterocycles. The number of aromatic nitrogens is 4. The number of imidazole rings is 1. The van der Waals surface area contributed by atoms with Crippen LogP contribution in [-0.2, 0) is 9.57 Å². The van der Waals surface area contributed by atoms with Crippen molar-refractivity contribution in [3.05, 3.63) is 23.1 Å². The van der Waals surface area contributed by atoms with Crippen molar-refractivity contribution in [1.29, 1.82) is 0 Å². The maximum absolute atomic E-state index is 8.14. The maximum atomic E-state index is 8.14. The molecule has 3 rings (SSSR count). The minimum Gasteiger partial charge on any atom is -0.431 e. The van der Waals surface area contributed by atoms with Crippen molar-refractivity contribution in [1.82, 2.24) is 19.5 Å². The summed E-state index contributed by atoms with van der Waals surface area (Å²) in [4.78, 5) is 19.5. The van der Waals surface area contributed by atoms with Crippen LogP contribution in [0.15, 0.2) is 17.9 Å². The fraction of sp³-hybridized carbons (Fsp3) is 0.500. The molecule has 0 bridgehead atoms. The predicted octanol–water partition coefficient (Wildman–Crippen LogP) is 1.33. The number of nitrogens with zero attached hydrogens (tertiary/aromatic N) is 7. The highest BCUT2D eigenvalue weighted by Crippen LogP contribution is 2.30. The van der Waals surface area contributed by atoms with Crippen LogP contribution in [-0.4, -0.2) is 32.2 Å². The van der Waals surface area contributed by atoms with Gasteiger partial charge in [-0.3, -0.25) is 4.57 Å². The van der Waals surface area contributed by atoms with Gasteiger partial charge in [-0.15, -0.1) is 0 Å². The highest BCUT2D eigenvalue weighted by Gasteiger charge is 2.28. The minimum atomic E-state index is -0.186. The van der Waals surface area contributed by atoms with Crippen LogP contribution >= 0.6 is 0 Å². The molecule has 20 heavy (non-hydrogen) atoms. The molecule has 1 aliphatic heterocycles. The number of azide groups is 1. The van der Waals surface area contributed by atoms with E-state index in [9.17, 15) is 0 Å². The molecule has 3 heterocycles. The third kappa shape index (κ3) is 2.17. The van der Waals surface area contributed by atoms with Crippen LogP contribution in [0.5, 0.6) is 0 Å². The van der Waals surface area contributed by atoms with E-state index < -0.39 is 0 Å². The molecule has 2 N–H and O–H groups in total. The van der Waals surface area contributed by atoms with E-state index in [1.807, 2.05) is 4.57 Å². The van der Waals surface area contributed by atoms with E-state index in [-0.39, 0.29) is 18.9 Å². The Morgan fingerprint density at radius 3 is 3.25 bits per heavy atom. The highest BCUT2D eigenvalue weighted by molar-refractivity contribution is 5.81. The van der Waals surface area contributed by atoms with Gasteiger partial charge in [0.15, 0.2) is 11.5 Å². The first-order valence-electron chi connectivity index (χ1n) is 6.04. The number of nitrogens with two attached hydrogens (primary N) is 1. The van der Waals surface area contributed by atoms with Crippen LogP contribution < -0.4 is 5.73 Å². The molecule has 10 nitrogen and oxygen atoms in total. The molecule has 0 amide bonds. The molecule has 1 saturated heterocycles. The SMILES string of the molecule is [N-]=[N+]=NOC[C@@H]1CC[C@H](n2cnc3c(N)ncnc32)O1. The summed E-state index contributed by atoms with van der Waals surface area (Å²) in [6, 6.07) is 0. The Bertz CT molecular complexity index is 664. The lowest BCUT2D eigenvalue weighted by atomic mass is 10.2. The summed E-state index contributed by atoms with van der Waals surface area (Å²) in [6.07, 6.45) is 4.31. The van der Waals surface area contributed by atoms with Gasteiger partial charge in [0.05, 0.1) is 12.4 Å². The van der Waals surface area contributed by atoms with Crippen LogP contribution in [0.4, 0.5) is 5.82 Å². The molecule has 1 aliphatic rings. The fourth-order valence-electron chi connectivity index (χ4n) is 2.24. The topological polar surface area (TPSA) is 137 Å². The predicted molar refractivity (Wildman–Crippen MR) is 68.0 cm³/mol. The summed E-state index contributed by atoms with van der Waals surface area (Å²) >= 11 is 0. The van der Waals surface area contributed by atoms with Crippen LogP contribution in [0.2, 0.25) is 0 Å². The average molecular weight is 276 g/mol. The molecule has 0 aromatic carbocycles. The summed E-state index contributed by atoms with van der Waals surface area (Å²) in [5, 5.41) is 3.03. The van der Waals surface area contributed by atoms with E-state index in [1.165, 1.54) is 6.33 Å². The van der Waals surface area contributed by atoms with Gasteiger partial charge in [0.2, 0.25) is 0 Å². The summed E-state index contributed by atoms with van der Waals surface area (Å²) in [5.41, 5.74) is 15.1. The monoisotopic (exact) mass is 276 g/mol. The number of nitrogen functional groups attached to an aromatic ring is 1. The number of fused-ring (bicyclic) bond motifs is 1. The molecule has 0 saturated carbocycles. The van der Waals surface area contributed by atoms with Crippen molar-refractivity contribution >= 4 is 17.0 Å². The van der Waals surface area contributed by atoms with Gasteiger partial charge in [-0.05, 0) is 18.4 Å². The fourth-order valence-corrected chi connectivity index (χ4v) is 2.24. The van der Waals surface area contributed by atoms with Gasteiger partial charge in [0.25, 0.3) is 0 Å². The lowest BCUT2D eigenvalue weighted by molar-refractivity contribution is -0.0400. The van der Waals surface area contributed by atoms with Gasteiger partial charge < -0.3 is 15.3 Å². The van der Waals surface area contributed by atoms with Crippen LogP contribution in [0.3, 0.4) is 0 Å². The molecular formula is C10H12N8O2. The molecule has 0 spiro atoms. The molecule has 1 fully saturated rings. The van der Waals surface area contributed by atoms with Crippen molar-refractivity contribution < 1.29 is 9.57 Å². The van der Waals surface area contributed by atoms with Crippen LogP contribution in [0.25, 0.3) is 21.6 Å². The van der Waals surface area contributed by atoms with Crippen molar-refractivity contribution in [3.63, 3.8) is 0 Å². The molecule has 104 valence electrons. The molecule has 0 unspecified atom stereocenters. The lowest BCUT2D eigenvalue weighted by Crippen LogP contribution is -2.15. The Kier molecular flexibility index (Phi) is 3.23. The number of anilines is 1. The second-order valence-electron chi connectivity index (χ2n) is 4.34. The lowest BCUT2D eigenvalue weighted by Gasteiger charge is -2.14. The quantitative estimate of drug-likeness (QED) is 0.387. The van der Waals surface area contributed by atoms with Crippen LogP contribution in [0.1, 0.15) is 19.1 Å². The van der Waals surface area contributed by atoms with Crippen molar-refractivity contribution in [2.45, 2.75) is 25.2 Å². The number of hydrogen-bond donors (Lipinski definition) is 1. The zero-order valence-corrected chi connectivity index (χ0v) is 10.5. The minimum absolute atomic E-state index is 0.123. The Balaban J connectivity index is 1.76. The van der Waals surface area contributed by atoms with Crippen molar-refractivity contribution in [3.8, 4) is 0 Å². The van der Waals surface area contributed by atoms with E-state index in [1.54, 1.807) is 6.33 Å². The molecule has 2 atom stereocenters. The molecule has 10 heteroatoms. The van der Waals surface area contributed by atoms with Gasteiger partial charge in [-0.1, -0.05) is 0 Å². The van der Waals surface area contributed by atoms with Gasteiger partial charge in [0.1, 0.15) is 30.0 Å². The van der Waals surface area contributed by atoms with E-state index >= 15 is 0 Å². The zero-order chi connectivity index (χ0) is 13.9. The Hall–Kier alpha value is -2.58. The third-order valence-corrected chi connectivity index (χ3v) is 3.14. The summed E-state index contributed by atoms with van der Waals surface area (Å²) in [7, 11) is 0. The molecule has 2 aromatic rings. The van der Waals surface area contributed by atoms with Crippen molar-refractivity contribution in [2.75, 3.05) is 12.3 Å². The number of hydrogen-bond acceptors (Lipinski definition) is 7. The first-order valence-corrected chi connectivity index (χ1v) is 6.04. The summed E-state index contributed by atoms with van der Waals surface area (Å²) in [6.45, 7) is 0.227. The first-order chi connectivity index (χ1) is 9.79. The molecule has 0 radical (unpaired) electrons. The Labute approximate surface area is 113 Å². The van der Waals surface area contributed by atoms with E-state index in [0.717, 1.165) is 12.8 Å². The maximum Gasteiger partial charge on any atom is 0.167 e. The average Bonchev–Trinajstić information content (AvgIpc) is 3.06. The van der Waals surface area contributed by atoms with Gasteiger partial charge in [-0.25, -0.2) is 15.0 Å². The van der Waals surface area contributed by atoms with E-state index in [2.05, 4.69) is 25.1 Å². The summed E-state index contributed by atoms with van der Waals surface area (Å²) in [5.74, 6) is 0.343. The first kappa shape index (κ1) is 12.5. The van der Waals surface area contributed by atoms with E-state index in [0.29, 0.717) is 17.0 Å². The smallest absolute Gasteiger partial charge is 0.167 e. The molecule has 0 aliphatic carbocycles.